The van der Waals surface area contributed by atoms with E-state index in [9.17, 15) is 8.78 Å². The lowest BCUT2D eigenvalue weighted by Gasteiger charge is -2.27. The van der Waals surface area contributed by atoms with Crippen LogP contribution in [-0.2, 0) is 0 Å². The predicted molar refractivity (Wildman–Crippen MR) is 49.2 cm³/mol. The second-order valence-corrected chi connectivity index (χ2v) is 3.02. The number of halogens is 3. The highest BCUT2D eigenvalue weighted by molar-refractivity contribution is 5.85. The van der Waals surface area contributed by atoms with Crippen LogP contribution in [0.5, 0.6) is 0 Å². The van der Waals surface area contributed by atoms with Gasteiger partial charge in [-0.2, -0.15) is 0 Å². The van der Waals surface area contributed by atoms with E-state index in [1.807, 2.05) is 0 Å². The Morgan fingerprint density at radius 3 is 2.38 bits per heavy atom. The molecule has 1 N–H and O–H groups in total. The van der Waals surface area contributed by atoms with Crippen molar-refractivity contribution in [3.63, 3.8) is 0 Å². The Labute approximate surface area is 81.6 Å². The number of benzene rings is 1. The Bertz CT molecular complexity index is 300. The van der Waals surface area contributed by atoms with Crippen LogP contribution < -0.4 is 5.32 Å². The van der Waals surface area contributed by atoms with Crippen LogP contribution in [0.25, 0.3) is 0 Å². The van der Waals surface area contributed by atoms with Gasteiger partial charge in [0.25, 0.3) is 0 Å². The van der Waals surface area contributed by atoms with Crippen LogP contribution in [0, 0.1) is 11.6 Å². The van der Waals surface area contributed by atoms with Gasteiger partial charge in [0.05, 0.1) is 0 Å². The zero-order chi connectivity index (χ0) is 8.55. The van der Waals surface area contributed by atoms with E-state index in [2.05, 4.69) is 5.32 Å². The molecule has 4 heteroatoms. The first kappa shape index (κ1) is 10.4. The minimum absolute atomic E-state index is 0. The largest absolute Gasteiger partial charge is 0.315 e. The van der Waals surface area contributed by atoms with Crippen molar-refractivity contribution < 1.29 is 8.78 Å². The Kier molecular flexibility index (Phi) is 3.22. The summed E-state index contributed by atoms with van der Waals surface area (Å²) in [6.07, 6.45) is 0. The van der Waals surface area contributed by atoms with Crippen molar-refractivity contribution in [3.8, 4) is 0 Å². The summed E-state index contributed by atoms with van der Waals surface area (Å²) in [5.74, 6) is -0.712. The highest BCUT2D eigenvalue weighted by Crippen LogP contribution is 2.22. The van der Waals surface area contributed by atoms with Crippen molar-refractivity contribution in [2.24, 2.45) is 0 Å². The maximum atomic E-state index is 13.1. The number of nitrogens with one attached hydrogen (secondary N) is 1. The van der Waals surface area contributed by atoms with Crippen molar-refractivity contribution >= 4 is 12.4 Å². The van der Waals surface area contributed by atoms with Gasteiger partial charge in [0.1, 0.15) is 11.6 Å². The minimum Gasteiger partial charge on any atom is -0.315 e. The number of hydrogen-bond donors (Lipinski definition) is 1. The van der Waals surface area contributed by atoms with Gasteiger partial charge in [0, 0.05) is 25.1 Å². The molecular weight excluding hydrogens is 196 g/mol. The van der Waals surface area contributed by atoms with Crippen molar-refractivity contribution in [2.75, 3.05) is 13.1 Å². The third kappa shape index (κ3) is 1.98. The van der Waals surface area contributed by atoms with Crippen molar-refractivity contribution in [1.82, 2.24) is 5.32 Å². The van der Waals surface area contributed by atoms with Gasteiger partial charge >= 0.3 is 0 Å². The molecule has 0 aromatic heterocycles. The van der Waals surface area contributed by atoms with Gasteiger partial charge in [-0.3, -0.25) is 0 Å². The Morgan fingerprint density at radius 1 is 1.23 bits per heavy atom. The zero-order valence-corrected chi connectivity index (χ0v) is 7.70. The molecule has 1 heterocycles. The maximum absolute atomic E-state index is 13.1. The molecule has 0 bridgehead atoms. The molecule has 1 fully saturated rings. The molecule has 72 valence electrons. The van der Waals surface area contributed by atoms with E-state index in [0.29, 0.717) is 5.56 Å². The molecule has 1 aliphatic rings. The lowest BCUT2D eigenvalue weighted by Crippen LogP contribution is -2.40. The summed E-state index contributed by atoms with van der Waals surface area (Å²) in [6, 6.07) is 3.76. The third-order valence-electron chi connectivity index (χ3n) is 2.18. The van der Waals surface area contributed by atoms with Crippen molar-refractivity contribution in [3.05, 3.63) is 35.4 Å². The first-order valence-electron chi connectivity index (χ1n) is 3.93. The summed E-state index contributed by atoms with van der Waals surface area (Å²) in [4.78, 5) is 0. The Balaban J connectivity index is 0.000000845. The van der Waals surface area contributed by atoms with E-state index in [1.165, 1.54) is 12.1 Å². The maximum Gasteiger partial charge on any atom is 0.129 e. The molecule has 1 aliphatic heterocycles. The molecule has 0 radical (unpaired) electrons. The van der Waals surface area contributed by atoms with Crippen molar-refractivity contribution in [1.29, 1.82) is 0 Å². The number of hydrogen-bond acceptors (Lipinski definition) is 1. The highest BCUT2D eigenvalue weighted by Gasteiger charge is 2.21. The summed E-state index contributed by atoms with van der Waals surface area (Å²) < 4.78 is 25.5. The fraction of sp³-hybridized carbons (Fsp3) is 0.333. The molecule has 1 aromatic rings. The minimum atomic E-state index is -0.511. The number of rotatable bonds is 1. The van der Waals surface area contributed by atoms with Crippen LogP contribution in [0.1, 0.15) is 11.5 Å². The molecule has 1 saturated heterocycles. The van der Waals surface area contributed by atoms with Gasteiger partial charge < -0.3 is 5.32 Å². The molecule has 13 heavy (non-hydrogen) atoms. The summed E-state index contributed by atoms with van der Waals surface area (Å²) in [5, 5.41) is 3.04. The first-order chi connectivity index (χ1) is 5.77. The van der Waals surface area contributed by atoms with Gasteiger partial charge in [0.15, 0.2) is 0 Å². The van der Waals surface area contributed by atoms with Crippen LogP contribution >= 0.6 is 12.4 Å². The quantitative estimate of drug-likeness (QED) is 0.740. The van der Waals surface area contributed by atoms with Gasteiger partial charge in [-0.15, -0.1) is 12.4 Å². The van der Waals surface area contributed by atoms with Crippen LogP contribution in [0.15, 0.2) is 18.2 Å². The lowest BCUT2D eigenvalue weighted by molar-refractivity contribution is 0.429. The molecule has 0 atom stereocenters. The first-order valence-corrected chi connectivity index (χ1v) is 3.93. The van der Waals surface area contributed by atoms with E-state index in [4.69, 9.17) is 0 Å². The average molecular weight is 206 g/mol. The van der Waals surface area contributed by atoms with Gasteiger partial charge in [-0.05, 0) is 11.6 Å². The molecule has 0 spiro atoms. The molecular formula is C9H10ClF2N. The van der Waals surface area contributed by atoms with E-state index in [0.717, 1.165) is 19.2 Å². The summed E-state index contributed by atoms with van der Waals surface area (Å²) in [6.45, 7) is 1.59. The molecule has 2 rings (SSSR count). The molecule has 1 nitrogen and oxygen atoms in total. The Hall–Kier alpha value is -0.670. The van der Waals surface area contributed by atoms with E-state index >= 15 is 0 Å². The van der Waals surface area contributed by atoms with Crippen molar-refractivity contribution in [2.45, 2.75) is 5.92 Å². The van der Waals surface area contributed by atoms with Crippen LogP contribution in [0.2, 0.25) is 0 Å². The van der Waals surface area contributed by atoms with E-state index in [-0.39, 0.29) is 18.3 Å². The summed E-state index contributed by atoms with van der Waals surface area (Å²) >= 11 is 0. The topological polar surface area (TPSA) is 12.0 Å². The second-order valence-electron chi connectivity index (χ2n) is 3.02. The molecule has 0 saturated carbocycles. The molecule has 0 aliphatic carbocycles. The molecule has 0 amide bonds. The van der Waals surface area contributed by atoms with Gasteiger partial charge in [-0.25, -0.2) is 8.78 Å². The fourth-order valence-electron chi connectivity index (χ4n) is 1.34. The molecule has 1 aromatic carbocycles. The zero-order valence-electron chi connectivity index (χ0n) is 6.89. The SMILES string of the molecule is Cl.Fc1ccc(C2CNC2)c(F)c1. The second kappa shape index (κ2) is 4.03. The summed E-state index contributed by atoms with van der Waals surface area (Å²) in [7, 11) is 0. The standard InChI is InChI=1S/C9H9F2N.ClH/c10-7-1-2-8(9(11)3-7)6-4-12-5-6;/h1-3,6,12H,4-5H2;1H. The fourth-order valence-corrected chi connectivity index (χ4v) is 1.34. The lowest BCUT2D eigenvalue weighted by atomic mass is 9.93. The van der Waals surface area contributed by atoms with Gasteiger partial charge in [0.2, 0.25) is 0 Å². The van der Waals surface area contributed by atoms with Crippen LogP contribution in [0.4, 0.5) is 8.78 Å². The van der Waals surface area contributed by atoms with E-state index < -0.39 is 11.6 Å². The smallest absolute Gasteiger partial charge is 0.129 e. The van der Waals surface area contributed by atoms with E-state index in [1.54, 1.807) is 0 Å². The molecule has 0 unspecified atom stereocenters. The monoisotopic (exact) mass is 205 g/mol. The summed E-state index contributed by atoms with van der Waals surface area (Å²) in [5.41, 5.74) is 0.621. The predicted octanol–water partition coefficient (Wildman–Crippen LogP) is 2.07. The van der Waals surface area contributed by atoms with Gasteiger partial charge in [-0.1, -0.05) is 6.07 Å². The van der Waals surface area contributed by atoms with Crippen LogP contribution in [-0.4, -0.2) is 13.1 Å². The third-order valence-corrected chi connectivity index (χ3v) is 2.18. The highest BCUT2D eigenvalue weighted by atomic mass is 35.5. The normalized spacial score (nSPS) is 16.2. The average Bonchev–Trinajstić information content (AvgIpc) is 1.91. The van der Waals surface area contributed by atoms with Crippen LogP contribution in [0.3, 0.4) is 0 Å². The Morgan fingerprint density at radius 2 is 1.92 bits per heavy atom.